The molecule has 2 aromatic rings. The summed E-state index contributed by atoms with van der Waals surface area (Å²) in [6, 6.07) is 7.97. The third kappa shape index (κ3) is 2.33. The second-order valence-electron chi connectivity index (χ2n) is 4.02. The van der Waals surface area contributed by atoms with Crippen LogP contribution in [0.5, 0.6) is 5.75 Å². The Bertz CT molecular complexity index is 557. The van der Waals surface area contributed by atoms with Gasteiger partial charge in [0.25, 0.3) is 0 Å². The van der Waals surface area contributed by atoms with Gasteiger partial charge in [0.1, 0.15) is 23.4 Å². The highest BCUT2D eigenvalue weighted by molar-refractivity contribution is 5.37. The normalized spacial score (nSPS) is 12.2. The predicted molar refractivity (Wildman–Crippen MR) is 66.0 cm³/mol. The molecule has 3 nitrogen and oxygen atoms in total. The number of aryl methyl sites for hydroxylation is 1. The summed E-state index contributed by atoms with van der Waals surface area (Å²) in [6.07, 6.45) is 0.399. The molecular formula is C14H14FNO2. The van der Waals surface area contributed by atoms with Crippen molar-refractivity contribution in [3.63, 3.8) is 0 Å². The van der Waals surface area contributed by atoms with Crippen molar-refractivity contribution in [2.24, 2.45) is 0 Å². The number of aromatic nitrogens is 1. The second-order valence-corrected chi connectivity index (χ2v) is 4.02. The number of ether oxygens (including phenoxy) is 1. The maximum atomic E-state index is 13.7. The highest BCUT2D eigenvalue weighted by atomic mass is 19.1. The van der Waals surface area contributed by atoms with Gasteiger partial charge in [-0.1, -0.05) is 17.7 Å². The third-order valence-electron chi connectivity index (χ3n) is 2.72. The predicted octanol–water partition coefficient (Wildman–Crippen LogP) is 2.62. The van der Waals surface area contributed by atoms with E-state index in [1.165, 1.54) is 19.4 Å². The topological polar surface area (TPSA) is 42.4 Å². The lowest BCUT2D eigenvalue weighted by molar-refractivity contribution is 0.204. The molecule has 0 saturated heterocycles. The van der Waals surface area contributed by atoms with Crippen molar-refractivity contribution in [3.05, 3.63) is 59.2 Å². The molecule has 1 aromatic heterocycles. The molecule has 0 fully saturated rings. The third-order valence-corrected chi connectivity index (χ3v) is 2.72. The van der Waals surface area contributed by atoms with Crippen LogP contribution >= 0.6 is 0 Å². The van der Waals surface area contributed by atoms with E-state index in [2.05, 4.69) is 4.98 Å². The van der Waals surface area contributed by atoms with Crippen LogP contribution in [0.25, 0.3) is 0 Å². The molecule has 1 N–H and O–H groups in total. The van der Waals surface area contributed by atoms with Gasteiger partial charge in [-0.2, -0.15) is 0 Å². The molecule has 1 aromatic carbocycles. The molecule has 0 saturated carbocycles. The fourth-order valence-corrected chi connectivity index (χ4v) is 1.80. The zero-order chi connectivity index (χ0) is 13.1. The SMILES string of the molecule is COc1cccnc1C(O)c1cc(C)ccc1F. The van der Waals surface area contributed by atoms with Crippen molar-refractivity contribution >= 4 is 0 Å². The molecule has 1 atom stereocenters. The summed E-state index contributed by atoms with van der Waals surface area (Å²) in [5, 5.41) is 10.2. The van der Waals surface area contributed by atoms with Crippen molar-refractivity contribution in [1.29, 1.82) is 0 Å². The van der Waals surface area contributed by atoms with Gasteiger partial charge in [0, 0.05) is 11.8 Å². The Kier molecular flexibility index (Phi) is 3.58. The van der Waals surface area contributed by atoms with Crippen LogP contribution in [0.4, 0.5) is 4.39 Å². The lowest BCUT2D eigenvalue weighted by Gasteiger charge is -2.15. The molecule has 0 aliphatic carbocycles. The first-order chi connectivity index (χ1) is 8.63. The van der Waals surface area contributed by atoms with Crippen LogP contribution < -0.4 is 4.74 Å². The Hall–Kier alpha value is -1.94. The van der Waals surface area contributed by atoms with Gasteiger partial charge >= 0.3 is 0 Å². The first-order valence-electron chi connectivity index (χ1n) is 5.56. The van der Waals surface area contributed by atoms with Crippen LogP contribution in [0.1, 0.15) is 22.9 Å². The van der Waals surface area contributed by atoms with Crippen LogP contribution in [-0.4, -0.2) is 17.2 Å². The smallest absolute Gasteiger partial charge is 0.143 e. The number of aliphatic hydroxyl groups excluding tert-OH is 1. The summed E-state index contributed by atoms with van der Waals surface area (Å²) in [4.78, 5) is 4.05. The number of nitrogens with zero attached hydrogens (tertiary/aromatic N) is 1. The quantitative estimate of drug-likeness (QED) is 0.906. The standard InChI is InChI=1S/C14H14FNO2/c1-9-5-6-11(15)10(8-9)14(17)13-12(18-2)4-3-7-16-13/h3-8,14,17H,1-2H3. The van der Waals surface area contributed by atoms with Gasteiger partial charge in [-0.3, -0.25) is 4.98 Å². The van der Waals surface area contributed by atoms with Crippen molar-refractivity contribution < 1.29 is 14.2 Å². The highest BCUT2D eigenvalue weighted by Gasteiger charge is 2.20. The minimum absolute atomic E-state index is 0.201. The van der Waals surface area contributed by atoms with Crippen molar-refractivity contribution in [2.45, 2.75) is 13.0 Å². The van der Waals surface area contributed by atoms with Gasteiger partial charge in [-0.05, 0) is 25.1 Å². The number of hydrogen-bond acceptors (Lipinski definition) is 3. The monoisotopic (exact) mass is 247 g/mol. The number of aliphatic hydroxyl groups is 1. The average Bonchev–Trinajstić information content (AvgIpc) is 2.40. The molecule has 2 rings (SSSR count). The first-order valence-corrected chi connectivity index (χ1v) is 5.56. The van der Waals surface area contributed by atoms with Crippen LogP contribution in [0, 0.1) is 12.7 Å². The maximum absolute atomic E-state index is 13.7. The van der Waals surface area contributed by atoms with E-state index in [0.29, 0.717) is 11.4 Å². The molecule has 94 valence electrons. The summed E-state index contributed by atoms with van der Waals surface area (Å²) in [5.74, 6) is -0.0216. The van der Waals surface area contributed by atoms with E-state index in [-0.39, 0.29) is 5.56 Å². The Morgan fingerprint density at radius 3 is 2.83 bits per heavy atom. The number of methoxy groups -OCH3 is 1. The summed E-state index contributed by atoms with van der Waals surface area (Å²) in [5.41, 5.74) is 1.39. The molecule has 1 heterocycles. The maximum Gasteiger partial charge on any atom is 0.143 e. The summed E-state index contributed by atoms with van der Waals surface area (Å²) in [7, 11) is 1.49. The molecule has 0 amide bonds. The lowest BCUT2D eigenvalue weighted by atomic mass is 10.0. The molecule has 0 bridgehead atoms. The summed E-state index contributed by atoms with van der Waals surface area (Å²) >= 11 is 0. The Labute approximate surface area is 105 Å². The molecule has 0 spiro atoms. The van der Waals surface area contributed by atoms with E-state index in [4.69, 9.17) is 4.74 Å². The van der Waals surface area contributed by atoms with Crippen molar-refractivity contribution in [3.8, 4) is 5.75 Å². The molecular weight excluding hydrogens is 233 g/mol. The fraction of sp³-hybridized carbons (Fsp3) is 0.214. The molecule has 0 aliphatic rings. The molecule has 18 heavy (non-hydrogen) atoms. The van der Waals surface area contributed by atoms with Gasteiger partial charge in [-0.15, -0.1) is 0 Å². The Balaban J connectivity index is 2.47. The summed E-state index contributed by atoms with van der Waals surface area (Å²) < 4.78 is 18.8. The number of rotatable bonds is 3. The molecule has 0 radical (unpaired) electrons. The van der Waals surface area contributed by atoms with Crippen LogP contribution in [0.2, 0.25) is 0 Å². The minimum atomic E-state index is -1.14. The van der Waals surface area contributed by atoms with E-state index in [9.17, 15) is 9.50 Å². The fourth-order valence-electron chi connectivity index (χ4n) is 1.80. The largest absolute Gasteiger partial charge is 0.495 e. The van der Waals surface area contributed by atoms with Gasteiger partial charge < -0.3 is 9.84 Å². The zero-order valence-electron chi connectivity index (χ0n) is 10.2. The Morgan fingerprint density at radius 2 is 2.11 bits per heavy atom. The number of pyridine rings is 1. The molecule has 1 unspecified atom stereocenters. The van der Waals surface area contributed by atoms with E-state index >= 15 is 0 Å². The number of benzene rings is 1. The van der Waals surface area contributed by atoms with Gasteiger partial charge in [0.05, 0.1) is 7.11 Å². The van der Waals surface area contributed by atoms with Gasteiger partial charge in [0.2, 0.25) is 0 Å². The Morgan fingerprint density at radius 1 is 1.33 bits per heavy atom. The zero-order valence-corrected chi connectivity index (χ0v) is 10.2. The van der Waals surface area contributed by atoms with E-state index < -0.39 is 11.9 Å². The number of hydrogen-bond donors (Lipinski definition) is 1. The van der Waals surface area contributed by atoms with Crippen LogP contribution in [0.15, 0.2) is 36.5 Å². The molecule has 0 aliphatic heterocycles. The van der Waals surface area contributed by atoms with E-state index in [1.54, 1.807) is 24.3 Å². The first kappa shape index (κ1) is 12.5. The molecule has 4 heteroatoms. The van der Waals surface area contributed by atoms with Crippen molar-refractivity contribution in [1.82, 2.24) is 4.98 Å². The average molecular weight is 247 g/mol. The highest BCUT2D eigenvalue weighted by Crippen LogP contribution is 2.29. The summed E-state index contributed by atoms with van der Waals surface area (Å²) in [6.45, 7) is 1.84. The van der Waals surface area contributed by atoms with Crippen LogP contribution in [0.3, 0.4) is 0 Å². The number of halogens is 1. The van der Waals surface area contributed by atoms with Crippen molar-refractivity contribution in [2.75, 3.05) is 7.11 Å². The van der Waals surface area contributed by atoms with E-state index in [0.717, 1.165) is 5.56 Å². The van der Waals surface area contributed by atoms with Gasteiger partial charge in [0.15, 0.2) is 0 Å². The van der Waals surface area contributed by atoms with Gasteiger partial charge in [-0.25, -0.2) is 4.39 Å². The second kappa shape index (κ2) is 5.14. The van der Waals surface area contributed by atoms with E-state index in [1.807, 2.05) is 6.92 Å². The van der Waals surface area contributed by atoms with Crippen LogP contribution in [-0.2, 0) is 0 Å². The minimum Gasteiger partial charge on any atom is -0.495 e. The lowest BCUT2D eigenvalue weighted by Crippen LogP contribution is -2.07.